The normalized spacial score (nSPS) is 18.4. The lowest BCUT2D eigenvalue weighted by Crippen LogP contribution is -2.47. The van der Waals surface area contributed by atoms with Gasteiger partial charge in [0.15, 0.2) is 0 Å². The second-order valence-electron chi connectivity index (χ2n) is 5.87. The molecule has 0 spiro atoms. The minimum Gasteiger partial charge on any atom is -0.352 e. The Bertz CT molecular complexity index is 427. The zero-order valence-corrected chi connectivity index (χ0v) is 12.9. The van der Waals surface area contributed by atoms with Crippen LogP contribution in [-0.2, 0) is 4.79 Å². The molecule has 1 heterocycles. The van der Waals surface area contributed by atoms with Crippen molar-refractivity contribution in [3.8, 4) is 0 Å². The van der Waals surface area contributed by atoms with Crippen molar-refractivity contribution in [1.29, 1.82) is 0 Å². The molecule has 0 saturated carbocycles. The van der Waals surface area contributed by atoms with Crippen molar-refractivity contribution >= 4 is 5.91 Å². The van der Waals surface area contributed by atoms with E-state index in [-0.39, 0.29) is 11.9 Å². The standard InChI is InChI=1S/C17H27N3O/c1-2-3-11-20-12-9-15(10-13-20)19-17(21)16(18)14-7-5-4-6-8-14/h4-8,15-16H,2-3,9-13,18H2,1H3,(H,19,21)/t16-/m0/s1. The van der Waals surface area contributed by atoms with Gasteiger partial charge in [-0.15, -0.1) is 0 Å². The topological polar surface area (TPSA) is 58.4 Å². The summed E-state index contributed by atoms with van der Waals surface area (Å²) in [5.41, 5.74) is 6.90. The van der Waals surface area contributed by atoms with Gasteiger partial charge >= 0.3 is 0 Å². The lowest BCUT2D eigenvalue weighted by atomic mass is 10.0. The van der Waals surface area contributed by atoms with Crippen LogP contribution in [0.2, 0.25) is 0 Å². The Labute approximate surface area is 127 Å². The van der Waals surface area contributed by atoms with Crippen LogP contribution in [0.15, 0.2) is 30.3 Å². The summed E-state index contributed by atoms with van der Waals surface area (Å²) < 4.78 is 0. The molecule has 116 valence electrons. The van der Waals surface area contributed by atoms with E-state index < -0.39 is 6.04 Å². The molecule has 1 aromatic carbocycles. The molecular formula is C17H27N3O. The van der Waals surface area contributed by atoms with E-state index in [1.54, 1.807) is 0 Å². The van der Waals surface area contributed by atoms with E-state index in [9.17, 15) is 4.79 Å². The van der Waals surface area contributed by atoms with E-state index in [2.05, 4.69) is 17.1 Å². The monoisotopic (exact) mass is 289 g/mol. The Balaban J connectivity index is 1.77. The van der Waals surface area contributed by atoms with Gasteiger partial charge in [-0.2, -0.15) is 0 Å². The summed E-state index contributed by atoms with van der Waals surface area (Å²) in [5, 5.41) is 3.10. The van der Waals surface area contributed by atoms with Gasteiger partial charge in [0.1, 0.15) is 6.04 Å². The highest BCUT2D eigenvalue weighted by Gasteiger charge is 2.23. The Kier molecular flexibility index (Phi) is 6.21. The number of carbonyl (C=O) groups excluding carboxylic acids is 1. The first-order valence-electron chi connectivity index (χ1n) is 8.04. The number of unbranched alkanes of at least 4 members (excludes halogenated alkanes) is 1. The third-order valence-electron chi connectivity index (χ3n) is 4.20. The highest BCUT2D eigenvalue weighted by atomic mass is 16.2. The van der Waals surface area contributed by atoms with Crippen molar-refractivity contribution in [1.82, 2.24) is 10.2 Å². The predicted octanol–water partition coefficient (Wildman–Crippen LogP) is 2.07. The molecule has 21 heavy (non-hydrogen) atoms. The van der Waals surface area contributed by atoms with Gasteiger partial charge in [-0.3, -0.25) is 4.79 Å². The van der Waals surface area contributed by atoms with Crippen molar-refractivity contribution in [3.63, 3.8) is 0 Å². The van der Waals surface area contributed by atoms with Crippen LogP contribution in [0.3, 0.4) is 0 Å². The number of amides is 1. The summed E-state index contributed by atoms with van der Waals surface area (Å²) in [5.74, 6) is -0.0618. The summed E-state index contributed by atoms with van der Waals surface area (Å²) in [6, 6.07) is 9.26. The Morgan fingerprint density at radius 3 is 2.62 bits per heavy atom. The van der Waals surface area contributed by atoms with Crippen LogP contribution in [0.4, 0.5) is 0 Å². The number of nitrogens with one attached hydrogen (secondary N) is 1. The van der Waals surface area contributed by atoms with E-state index in [1.807, 2.05) is 30.3 Å². The maximum absolute atomic E-state index is 12.2. The molecule has 1 aromatic rings. The highest BCUT2D eigenvalue weighted by molar-refractivity contribution is 5.83. The molecule has 1 aliphatic heterocycles. The van der Waals surface area contributed by atoms with Crippen molar-refractivity contribution in [2.45, 2.75) is 44.7 Å². The van der Waals surface area contributed by atoms with Gasteiger partial charge < -0.3 is 16.0 Å². The highest BCUT2D eigenvalue weighted by Crippen LogP contribution is 2.14. The van der Waals surface area contributed by atoms with Gasteiger partial charge in [0.2, 0.25) is 5.91 Å². The largest absolute Gasteiger partial charge is 0.352 e. The maximum Gasteiger partial charge on any atom is 0.241 e. The van der Waals surface area contributed by atoms with Crippen LogP contribution >= 0.6 is 0 Å². The Hall–Kier alpha value is -1.39. The molecule has 1 atom stereocenters. The fourth-order valence-electron chi connectivity index (χ4n) is 2.79. The molecule has 0 bridgehead atoms. The van der Waals surface area contributed by atoms with Crippen LogP contribution in [0, 0.1) is 0 Å². The van der Waals surface area contributed by atoms with Gasteiger partial charge in [0.25, 0.3) is 0 Å². The number of nitrogens with zero attached hydrogens (tertiary/aromatic N) is 1. The fraction of sp³-hybridized carbons (Fsp3) is 0.588. The molecule has 1 aliphatic rings. The van der Waals surface area contributed by atoms with Crippen LogP contribution in [-0.4, -0.2) is 36.5 Å². The second kappa shape index (κ2) is 8.15. The number of benzene rings is 1. The molecular weight excluding hydrogens is 262 g/mol. The minimum absolute atomic E-state index is 0.0618. The van der Waals surface area contributed by atoms with Crippen molar-refractivity contribution < 1.29 is 4.79 Å². The summed E-state index contributed by atoms with van der Waals surface area (Å²) in [7, 11) is 0. The Morgan fingerprint density at radius 2 is 2.00 bits per heavy atom. The molecule has 4 heteroatoms. The molecule has 0 aromatic heterocycles. The average molecular weight is 289 g/mol. The van der Waals surface area contributed by atoms with Gasteiger partial charge in [-0.1, -0.05) is 43.7 Å². The van der Waals surface area contributed by atoms with Crippen molar-refractivity contribution in [3.05, 3.63) is 35.9 Å². The van der Waals surface area contributed by atoms with Gasteiger partial charge in [0, 0.05) is 19.1 Å². The van der Waals surface area contributed by atoms with Gasteiger partial charge in [-0.05, 0) is 31.4 Å². The zero-order valence-electron chi connectivity index (χ0n) is 12.9. The summed E-state index contributed by atoms with van der Waals surface area (Å²) in [6.07, 6.45) is 4.55. The number of nitrogens with two attached hydrogens (primary N) is 1. The smallest absolute Gasteiger partial charge is 0.241 e. The molecule has 0 radical (unpaired) electrons. The zero-order chi connectivity index (χ0) is 15.1. The van der Waals surface area contributed by atoms with E-state index in [1.165, 1.54) is 19.4 Å². The van der Waals surface area contributed by atoms with Crippen LogP contribution in [0.25, 0.3) is 0 Å². The molecule has 1 saturated heterocycles. The molecule has 1 fully saturated rings. The van der Waals surface area contributed by atoms with Crippen LogP contribution < -0.4 is 11.1 Å². The van der Waals surface area contributed by atoms with Crippen LogP contribution in [0.5, 0.6) is 0 Å². The van der Waals surface area contributed by atoms with E-state index in [0.717, 1.165) is 31.5 Å². The molecule has 4 nitrogen and oxygen atoms in total. The van der Waals surface area contributed by atoms with Crippen molar-refractivity contribution in [2.24, 2.45) is 5.73 Å². The minimum atomic E-state index is -0.565. The van der Waals surface area contributed by atoms with Gasteiger partial charge in [-0.25, -0.2) is 0 Å². The quantitative estimate of drug-likeness (QED) is 0.843. The average Bonchev–Trinajstić information content (AvgIpc) is 2.54. The SMILES string of the molecule is CCCCN1CCC(NC(=O)[C@@H](N)c2ccccc2)CC1. The maximum atomic E-state index is 12.2. The second-order valence-corrected chi connectivity index (χ2v) is 5.87. The number of hydrogen-bond donors (Lipinski definition) is 2. The molecule has 0 unspecified atom stereocenters. The van der Waals surface area contributed by atoms with E-state index in [4.69, 9.17) is 5.73 Å². The predicted molar refractivity (Wildman–Crippen MR) is 85.9 cm³/mol. The third-order valence-corrected chi connectivity index (χ3v) is 4.20. The lowest BCUT2D eigenvalue weighted by Gasteiger charge is -2.32. The van der Waals surface area contributed by atoms with Crippen molar-refractivity contribution in [2.75, 3.05) is 19.6 Å². The van der Waals surface area contributed by atoms with E-state index in [0.29, 0.717) is 0 Å². The third kappa shape index (κ3) is 4.83. The summed E-state index contributed by atoms with van der Waals surface area (Å²) in [6.45, 7) is 5.55. The fourth-order valence-corrected chi connectivity index (χ4v) is 2.79. The Morgan fingerprint density at radius 1 is 1.33 bits per heavy atom. The first kappa shape index (κ1) is 16.0. The van der Waals surface area contributed by atoms with Crippen LogP contribution in [0.1, 0.15) is 44.2 Å². The summed E-state index contributed by atoms with van der Waals surface area (Å²) >= 11 is 0. The number of piperidine rings is 1. The molecule has 2 rings (SSSR count). The summed E-state index contributed by atoms with van der Waals surface area (Å²) in [4.78, 5) is 14.7. The first-order chi connectivity index (χ1) is 10.2. The number of rotatable bonds is 6. The molecule has 3 N–H and O–H groups in total. The van der Waals surface area contributed by atoms with Gasteiger partial charge in [0.05, 0.1) is 0 Å². The molecule has 1 amide bonds. The molecule has 0 aliphatic carbocycles. The van der Waals surface area contributed by atoms with E-state index >= 15 is 0 Å². The first-order valence-corrected chi connectivity index (χ1v) is 8.04. The number of hydrogen-bond acceptors (Lipinski definition) is 3. The number of carbonyl (C=O) groups is 1. The number of likely N-dealkylation sites (tertiary alicyclic amines) is 1. The lowest BCUT2D eigenvalue weighted by molar-refractivity contribution is -0.123.